The lowest BCUT2D eigenvalue weighted by molar-refractivity contribution is -0.120. The normalized spacial score (nSPS) is 16.0. The number of hydrogen-bond acceptors (Lipinski definition) is 5. The zero-order valence-electron chi connectivity index (χ0n) is 20.9. The molecule has 0 radical (unpaired) electrons. The number of aromatic nitrogens is 4. The molecule has 0 spiro atoms. The first-order valence-corrected chi connectivity index (χ1v) is 12.4. The van der Waals surface area contributed by atoms with Crippen molar-refractivity contribution in [1.82, 2.24) is 20.0 Å². The summed E-state index contributed by atoms with van der Waals surface area (Å²) in [7, 11) is 0. The lowest BCUT2D eigenvalue weighted by Gasteiger charge is -2.33. The standard InChI is InChI=1S/C28H32N6O/c1-5-21-12-9-11-18(2)25(21)29-28(35)22-13-10-16-33(17-22)27-26-24(19(3)30-31-27)20(4)34(32-26)23-14-7-6-8-15-23/h6-9,11-12,14-15,22H,5,10,13,16-17H2,1-4H3,(H,29,35). The summed E-state index contributed by atoms with van der Waals surface area (Å²) in [6.45, 7) is 9.64. The maximum absolute atomic E-state index is 13.3. The molecule has 4 aromatic rings. The summed E-state index contributed by atoms with van der Waals surface area (Å²) >= 11 is 0. The highest BCUT2D eigenvalue weighted by Crippen LogP contribution is 2.32. The molecule has 1 amide bonds. The third-order valence-electron chi connectivity index (χ3n) is 7.07. The molecule has 180 valence electrons. The predicted octanol–water partition coefficient (Wildman–Crippen LogP) is 5.16. The van der Waals surface area contributed by atoms with Gasteiger partial charge in [-0.05, 0) is 63.3 Å². The van der Waals surface area contributed by atoms with Gasteiger partial charge in [-0.25, -0.2) is 4.68 Å². The fourth-order valence-electron chi connectivity index (χ4n) is 5.16. The first kappa shape index (κ1) is 23.0. The van der Waals surface area contributed by atoms with E-state index in [0.29, 0.717) is 6.54 Å². The number of nitrogens with zero attached hydrogens (tertiary/aromatic N) is 5. The van der Waals surface area contributed by atoms with Crippen molar-refractivity contribution in [3.8, 4) is 5.69 Å². The molecule has 0 bridgehead atoms. The van der Waals surface area contributed by atoms with Crippen molar-refractivity contribution in [3.05, 3.63) is 71.0 Å². The van der Waals surface area contributed by atoms with Gasteiger partial charge >= 0.3 is 0 Å². The number of benzene rings is 2. The Morgan fingerprint density at radius 2 is 1.86 bits per heavy atom. The lowest BCUT2D eigenvalue weighted by Crippen LogP contribution is -2.41. The van der Waals surface area contributed by atoms with Crippen molar-refractivity contribution in [2.75, 3.05) is 23.3 Å². The Kier molecular flexibility index (Phi) is 6.24. The quantitative estimate of drug-likeness (QED) is 0.438. The molecule has 1 aliphatic rings. The van der Waals surface area contributed by atoms with Gasteiger partial charge in [0.25, 0.3) is 0 Å². The highest BCUT2D eigenvalue weighted by Gasteiger charge is 2.30. The fourth-order valence-corrected chi connectivity index (χ4v) is 5.16. The summed E-state index contributed by atoms with van der Waals surface area (Å²) in [5.41, 5.74) is 6.96. The number of rotatable bonds is 5. The van der Waals surface area contributed by atoms with Crippen molar-refractivity contribution >= 4 is 28.3 Å². The molecule has 1 aliphatic heterocycles. The number of carbonyl (C=O) groups excluding carboxylic acids is 1. The van der Waals surface area contributed by atoms with Crippen LogP contribution in [0.3, 0.4) is 0 Å². The van der Waals surface area contributed by atoms with Crippen LogP contribution in [0.1, 0.15) is 42.3 Å². The molecule has 3 heterocycles. The van der Waals surface area contributed by atoms with Crippen molar-refractivity contribution in [2.24, 2.45) is 5.92 Å². The van der Waals surface area contributed by atoms with Gasteiger partial charge in [-0.1, -0.05) is 43.3 Å². The molecular formula is C28H32N6O. The van der Waals surface area contributed by atoms with Gasteiger partial charge in [0.15, 0.2) is 5.82 Å². The molecule has 5 rings (SSSR count). The van der Waals surface area contributed by atoms with E-state index < -0.39 is 0 Å². The Bertz CT molecular complexity index is 1380. The van der Waals surface area contributed by atoms with Crippen molar-refractivity contribution in [2.45, 2.75) is 47.0 Å². The number of aryl methyl sites for hydroxylation is 4. The van der Waals surface area contributed by atoms with Crippen molar-refractivity contribution < 1.29 is 4.79 Å². The van der Waals surface area contributed by atoms with Gasteiger partial charge in [0.05, 0.1) is 28.4 Å². The fraction of sp³-hybridized carbons (Fsp3) is 0.357. The summed E-state index contributed by atoms with van der Waals surface area (Å²) in [5.74, 6) is 0.704. The summed E-state index contributed by atoms with van der Waals surface area (Å²) in [5, 5.41) is 18.3. The van der Waals surface area contributed by atoms with Crippen LogP contribution in [-0.4, -0.2) is 39.0 Å². The number of fused-ring (bicyclic) bond motifs is 1. The van der Waals surface area contributed by atoms with Crippen LogP contribution >= 0.6 is 0 Å². The second kappa shape index (κ2) is 9.49. The first-order chi connectivity index (χ1) is 17.0. The van der Waals surface area contributed by atoms with Gasteiger partial charge in [0.2, 0.25) is 5.91 Å². The third-order valence-corrected chi connectivity index (χ3v) is 7.07. The number of piperidine rings is 1. The van der Waals surface area contributed by atoms with Gasteiger partial charge < -0.3 is 10.2 Å². The van der Waals surface area contributed by atoms with E-state index in [1.807, 2.05) is 61.0 Å². The Hall–Kier alpha value is -3.74. The first-order valence-electron chi connectivity index (χ1n) is 12.4. The van der Waals surface area contributed by atoms with Crippen LogP contribution in [0.4, 0.5) is 11.5 Å². The van der Waals surface area contributed by atoms with E-state index >= 15 is 0 Å². The van der Waals surface area contributed by atoms with Crippen LogP contribution in [0.2, 0.25) is 0 Å². The SMILES string of the molecule is CCc1cccc(C)c1NC(=O)C1CCCN(c2nnc(C)c3c(C)n(-c4ccccc4)nc23)C1. The minimum Gasteiger partial charge on any atom is -0.352 e. The molecule has 1 fully saturated rings. The Labute approximate surface area is 206 Å². The van der Waals surface area contributed by atoms with Crippen LogP contribution in [0.15, 0.2) is 48.5 Å². The van der Waals surface area contributed by atoms with Crippen LogP contribution in [0.5, 0.6) is 0 Å². The van der Waals surface area contributed by atoms with Gasteiger partial charge in [0, 0.05) is 18.8 Å². The number of para-hydroxylation sites is 2. The lowest BCUT2D eigenvalue weighted by atomic mass is 9.96. The van der Waals surface area contributed by atoms with Gasteiger partial charge in [-0.3, -0.25) is 4.79 Å². The van der Waals surface area contributed by atoms with E-state index in [9.17, 15) is 4.79 Å². The second-order valence-electron chi connectivity index (χ2n) is 9.40. The number of hydrogen-bond donors (Lipinski definition) is 1. The number of amides is 1. The summed E-state index contributed by atoms with van der Waals surface area (Å²) in [6, 6.07) is 16.3. The molecule has 1 saturated heterocycles. The largest absolute Gasteiger partial charge is 0.352 e. The van der Waals surface area contributed by atoms with E-state index in [1.165, 1.54) is 5.56 Å². The molecule has 7 heteroatoms. The maximum atomic E-state index is 13.3. The van der Waals surface area contributed by atoms with E-state index in [4.69, 9.17) is 5.10 Å². The van der Waals surface area contributed by atoms with Crippen LogP contribution in [0, 0.1) is 26.7 Å². The van der Waals surface area contributed by atoms with Gasteiger partial charge in [-0.2, -0.15) is 10.2 Å². The number of nitrogens with one attached hydrogen (secondary N) is 1. The van der Waals surface area contributed by atoms with E-state index in [-0.39, 0.29) is 11.8 Å². The average molecular weight is 469 g/mol. The van der Waals surface area contributed by atoms with Crippen LogP contribution in [-0.2, 0) is 11.2 Å². The number of anilines is 2. The third kappa shape index (κ3) is 4.27. The molecule has 2 aromatic carbocycles. The molecule has 35 heavy (non-hydrogen) atoms. The van der Waals surface area contributed by atoms with E-state index in [1.54, 1.807) is 0 Å². The van der Waals surface area contributed by atoms with Crippen molar-refractivity contribution in [3.63, 3.8) is 0 Å². The zero-order valence-corrected chi connectivity index (χ0v) is 20.9. The molecule has 1 unspecified atom stereocenters. The summed E-state index contributed by atoms with van der Waals surface area (Å²) in [6.07, 6.45) is 2.66. The van der Waals surface area contributed by atoms with Crippen molar-refractivity contribution in [1.29, 1.82) is 0 Å². The Morgan fingerprint density at radius 3 is 2.63 bits per heavy atom. The average Bonchev–Trinajstić information content (AvgIpc) is 3.24. The topological polar surface area (TPSA) is 75.9 Å². The number of carbonyl (C=O) groups is 1. The zero-order chi connectivity index (χ0) is 24.5. The van der Waals surface area contributed by atoms with Crippen LogP contribution < -0.4 is 10.2 Å². The van der Waals surface area contributed by atoms with E-state index in [0.717, 1.165) is 70.9 Å². The Balaban J connectivity index is 1.45. The summed E-state index contributed by atoms with van der Waals surface area (Å²) < 4.78 is 1.96. The second-order valence-corrected chi connectivity index (χ2v) is 9.40. The van der Waals surface area contributed by atoms with Gasteiger partial charge in [-0.15, -0.1) is 5.10 Å². The van der Waals surface area contributed by atoms with Crippen LogP contribution in [0.25, 0.3) is 16.6 Å². The minimum absolute atomic E-state index is 0.0704. The Morgan fingerprint density at radius 1 is 1.06 bits per heavy atom. The highest BCUT2D eigenvalue weighted by molar-refractivity contribution is 5.95. The summed E-state index contributed by atoms with van der Waals surface area (Å²) in [4.78, 5) is 15.5. The molecule has 1 N–H and O–H groups in total. The highest BCUT2D eigenvalue weighted by atomic mass is 16.1. The maximum Gasteiger partial charge on any atom is 0.229 e. The molecular weight excluding hydrogens is 436 g/mol. The predicted molar refractivity (Wildman–Crippen MR) is 140 cm³/mol. The van der Waals surface area contributed by atoms with Gasteiger partial charge in [0.1, 0.15) is 5.52 Å². The smallest absolute Gasteiger partial charge is 0.229 e. The molecule has 0 saturated carbocycles. The molecule has 0 aliphatic carbocycles. The minimum atomic E-state index is -0.122. The molecule has 2 aromatic heterocycles. The monoisotopic (exact) mass is 468 g/mol. The molecule has 1 atom stereocenters. The molecule has 7 nitrogen and oxygen atoms in total. The van der Waals surface area contributed by atoms with E-state index in [2.05, 4.69) is 40.3 Å².